The van der Waals surface area contributed by atoms with Crippen molar-refractivity contribution < 1.29 is 4.74 Å². The highest BCUT2D eigenvalue weighted by Gasteiger charge is 1.99. The summed E-state index contributed by atoms with van der Waals surface area (Å²) in [7, 11) is 0. The van der Waals surface area contributed by atoms with Crippen LogP contribution in [0, 0.1) is 0 Å². The summed E-state index contributed by atoms with van der Waals surface area (Å²) < 4.78 is 5.38. The minimum atomic E-state index is -0.220. The molecule has 0 bridgehead atoms. The summed E-state index contributed by atoms with van der Waals surface area (Å²) in [5.74, 6) is 1.01. The van der Waals surface area contributed by atoms with Crippen LogP contribution in [0.3, 0.4) is 0 Å². The number of aromatic amines is 1. The van der Waals surface area contributed by atoms with Gasteiger partial charge >= 0.3 is 0 Å². The zero-order chi connectivity index (χ0) is 11.8. The van der Waals surface area contributed by atoms with Crippen molar-refractivity contribution in [2.45, 2.75) is 24.9 Å². The van der Waals surface area contributed by atoms with Gasteiger partial charge in [-0.2, -0.15) is 0 Å². The Balaban J connectivity index is 2.24. The van der Waals surface area contributed by atoms with Crippen LogP contribution in [0.2, 0.25) is 0 Å². The van der Waals surface area contributed by atoms with Gasteiger partial charge in [0.1, 0.15) is 5.82 Å². The second-order valence-corrected chi connectivity index (χ2v) is 4.37. The molecule has 0 aromatic carbocycles. The zero-order valence-corrected chi connectivity index (χ0v) is 10.2. The summed E-state index contributed by atoms with van der Waals surface area (Å²) in [5, 5.41) is 0.545. The Labute approximate surface area is 98.8 Å². The predicted molar refractivity (Wildman–Crippen MR) is 65.7 cm³/mol. The Kier molecular flexibility index (Phi) is 5.95. The van der Waals surface area contributed by atoms with Crippen molar-refractivity contribution in [1.82, 2.24) is 9.97 Å². The topological polar surface area (TPSA) is 81.0 Å². The number of nitrogens with zero attached hydrogens (tertiary/aromatic N) is 1. The molecular weight excluding hydrogens is 226 g/mol. The SMILES string of the molecule is CCCCOCCSc1nc(N)cc(=O)[nH]1. The molecule has 16 heavy (non-hydrogen) atoms. The van der Waals surface area contributed by atoms with E-state index >= 15 is 0 Å². The van der Waals surface area contributed by atoms with Crippen molar-refractivity contribution in [3.63, 3.8) is 0 Å². The molecule has 0 saturated heterocycles. The first-order chi connectivity index (χ1) is 7.72. The third kappa shape index (κ3) is 5.18. The number of nitrogens with two attached hydrogens (primary N) is 1. The summed E-state index contributed by atoms with van der Waals surface area (Å²) in [6.07, 6.45) is 2.22. The Morgan fingerprint density at radius 3 is 3.06 bits per heavy atom. The molecule has 0 amide bonds. The van der Waals surface area contributed by atoms with Crippen LogP contribution in [0.5, 0.6) is 0 Å². The monoisotopic (exact) mass is 243 g/mol. The van der Waals surface area contributed by atoms with Crippen molar-refractivity contribution in [1.29, 1.82) is 0 Å². The average Bonchev–Trinajstić information content (AvgIpc) is 2.22. The van der Waals surface area contributed by atoms with E-state index in [-0.39, 0.29) is 11.4 Å². The number of rotatable bonds is 7. The van der Waals surface area contributed by atoms with Crippen molar-refractivity contribution in [2.75, 3.05) is 24.7 Å². The van der Waals surface area contributed by atoms with Crippen LogP contribution in [-0.2, 0) is 4.74 Å². The molecule has 1 heterocycles. The lowest BCUT2D eigenvalue weighted by molar-refractivity contribution is 0.147. The van der Waals surface area contributed by atoms with Crippen molar-refractivity contribution in [2.24, 2.45) is 0 Å². The molecular formula is C10H17N3O2S. The summed E-state index contributed by atoms with van der Waals surface area (Å²) in [6, 6.07) is 1.27. The summed E-state index contributed by atoms with van der Waals surface area (Å²) in [6.45, 7) is 3.57. The number of ether oxygens (including phenoxy) is 1. The van der Waals surface area contributed by atoms with Crippen LogP contribution in [-0.4, -0.2) is 28.9 Å². The first kappa shape index (κ1) is 13.1. The van der Waals surface area contributed by atoms with Crippen LogP contribution in [0.4, 0.5) is 5.82 Å². The maximum Gasteiger partial charge on any atom is 0.253 e. The van der Waals surface area contributed by atoms with E-state index in [1.165, 1.54) is 17.8 Å². The Morgan fingerprint density at radius 1 is 1.56 bits per heavy atom. The van der Waals surface area contributed by atoms with Crippen LogP contribution < -0.4 is 11.3 Å². The molecule has 0 unspecified atom stereocenters. The fourth-order valence-electron chi connectivity index (χ4n) is 1.07. The molecule has 0 saturated carbocycles. The van der Waals surface area contributed by atoms with Crippen LogP contribution >= 0.6 is 11.8 Å². The van der Waals surface area contributed by atoms with Crippen LogP contribution in [0.15, 0.2) is 16.0 Å². The lowest BCUT2D eigenvalue weighted by Gasteiger charge is -2.03. The van der Waals surface area contributed by atoms with Crippen LogP contribution in [0.1, 0.15) is 19.8 Å². The van der Waals surface area contributed by atoms with E-state index in [0.29, 0.717) is 11.8 Å². The number of hydrogen-bond acceptors (Lipinski definition) is 5. The van der Waals surface area contributed by atoms with Crippen LogP contribution in [0.25, 0.3) is 0 Å². The zero-order valence-electron chi connectivity index (χ0n) is 9.36. The number of H-pyrrole nitrogens is 1. The molecule has 1 rings (SSSR count). The molecule has 6 heteroatoms. The first-order valence-corrected chi connectivity index (χ1v) is 6.28. The summed E-state index contributed by atoms with van der Waals surface area (Å²) in [5.41, 5.74) is 5.23. The van der Waals surface area contributed by atoms with Gasteiger partial charge in [-0.3, -0.25) is 4.79 Å². The van der Waals surface area contributed by atoms with E-state index in [0.717, 1.165) is 25.2 Å². The lowest BCUT2D eigenvalue weighted by Crippen LogP contribution is -2.10. The first-order valence-electron chi connectivity index (χ1n) is 5.29. The molecule has 3 N–H and O–H groups in total. The number of unbranched alkanes of at least 4 members (excludes halogenated alkanes) is 1. The second-order valence-electron chi connectivity index (χ2n) is 3.29. The molecule has 5 nitrogen and oxygen atoms in total. The van der Waals surface area contributed by atoms with E-state index in [1.807, 2.05) is 0 Å². The fraction of sp³-hybridized carbons (Fsp3) is 0.600. The third-order valence-electron chi connectivity index (χ3n) is 1.85. The Hall–Kier alpha value is -1.01. The van der Waals surface area contributed by atoms with Gasteiger partial charge in [-0.05, 0) is 6.42 Å². The van der Waals surface area contributed by atoms with Crippen molar-refractivity contribution in [3.8, 4) is 0 Å². The molecule has 0 atom stereocenters. The van der Waals surface area contributed by atoms with Crippen molar-refractivity contribution in [3.05, 3.63) is 16.4 Å². The molecule has 1 aromatic heterocycles. The van der Waals surface area contributed by atoms with Gasteiger partial charge < -0.3 is 15.5 Å². The molecule has 0 aliphatic rings. The minimum absolute atomic E-state index is 0.220. The van der Waals surface area contributed by atoms with E-state index in [4.69, 9.17) is 10.5 Å². The van der Waals surface area contributed by atoms with Gasteiger partial charge in [-0.25, -0.2) is 4.98 Å². The summed E-state index contributed by atoms with van der Waals surface area (Å²) in [4.78, 5) is 17.7. The number of thioether (sulfide) groups is 1. The number of nitrogen functional groups attached to an aromatic ring is 1. The van der Waals surface area contributed by atoms with Gasteiger partial charge in [-0.15, -0.1) is 0 Å². The normalized spacial score (nSPS) is 10.6. The number of nitrogens with one attached hydrogen (secondary N) is 1. The van der Waals surface area contributed by atoms with Gasteiger partial charge in [0.2, 0.25) is 0 Å². The maximum atomic E-state index is 11.1. The number of anilines is 1. The smallest absolute Gasteiger partial charge is 0.253 e. The highest BCUT2D eigenvalue weighted by Crippen LogP contribution is 2.11. The lowest BCUT2D eigenvalue weighted by atomic mass is 10.4. The molecule has 0 fully saturated rings. The number of hydrogen-bond donors (Lipinski definition) is 2. The van der Waals surface area contributed by atoms with E-state index in [2.05, 4.69) is 16.9 Å². The van der Waals surface area contributed by atoms with Gasteiger partial charge in [-0.1, -0.05) is 25.1 Å². The molecule has 1 aromatic rings. The minimum Gasteiger partial charge on any atom is -0.383 e. The largest absolute Gasteiger partial charge is 0.383 e. The standard InChI is InChI=1S/C10H17N3O2S/c1-2-3-4-15-5-6-16-10-12-8(11)7-9(14)13-10/h7H,2-6H2,1H3,(H3,11,12,13,14). The van der Waals surface area contributed by atoms with E-state index in [1.54, 1.807) is 0 Å². The van der Waals surface area contributed by atoms with Crippen molar-refractivity contribution >= 4 is 17.6 Å². The van der Waals surface area contributed by atoms with Gasteiger partial charge in [0, 0.05) is 18.4 Å². The predicted octanol–water partition coefficient (Wildman–Crippen LogP) is 1.26. The Morgan fingerprint density at radius 2 is 2.38 bits per heavy atom. The summed E-state index contributed by atoms with van der Waals surface area (Å²) >= 11 is 1.44. The maximum absolute atomic E-state index is 11.1. The quantitative estimate of drug-likeness (QED) is 0.428. The highest BCUT2D eigenvalue weighted by molar-refractivity contribution is 7.99. The van der Waals surface area contributed by atoms with Gasteiger partial charge in [0.15, 0.2) is 5.16 Å². The van der Waals surface area contributed by atoms with E-state index < -0.39 is 0 Å². The molecule has 0 aliphatic carbocycles. The van der Waals surface area contributed by atoms with E-state index in [9.17, 15) is 4.79 Å². The van der Waals surface area contributed by atoms with Gasteiger partial charge in [0.25, 0.3) is 5.56 Å². The highest BCUT2D eigenvalue weighted by atomic mass is 32.2. The molecule has 0 aliphatic heterocycles. The second kappa shape index (κ2) is 7.29. The average molecular weight is 243 g/mol. The molecule has 0 spiro atoms. The molecule has 0 radical (unpaired) electrons. The van der Waals surface area contributed by atoms with Gasteiger partial charge in [0.05, 0.1) is 6.61 Å². The Bertz CT molecular complexity index is 367. The third-order valence-corrected chi connectivity index (χ3v) is 2.69. The fourth-order valence-corrected chi connectivity index (χ4v) is 1.80. The number of aromatic nitrogens is 2. The molecule has 90 valence electrons.